The summed E-state index contributed by atoms with van der Waals surface area (Å²) >= 11 is 0. The average molecular weight is 656 g/mol. The summed E-state index contributed by atoms with van der Waals surface area (Å²) in [5, 5.41) is 2.37. The average Bonchev–Trinajstić information content (AvgIpc) is 3.65. The third-order valence-electron chi connectivity index (χ3n) is 9.22. The molecule has 0 aliphatic carbocycles. The quantitative estimate of drug-likeness (QED) is 0.163. The molecule has 51 heavy (non-hydrogen) atoms. The van der Waals surface area contributed by atoms with Crippen LogP contribution in [0.15, 0.2) is 205 Å². The van der Waals surface area contributed by atoms with Gasteiger partial charge in [0.25, 0.3) is 0 Å². The van der Waals surface area contributed by atoms with Crippen molar-refractivity contribution in [1.82, 2.24) is 4.98 Å². The summed E-state index contributed by atoms with van der Waals surface area (Å²) in [6.45, 7) is 0. The monoisotopic (exact) mass is 655 g/mol. The van der Waals surface area contributed by atoms with E-state index in [1.165, 1.54) is 10.8 Å². The zero-order valence-corrected chi connectivity index (χ0v) is 27.8. The summed E-state index contributed by atoms with van der Waals surface area (Å²) in [6.07, 6.45) is 0. The SMILES string of the molecule is c1ccc(-c2nc3cc(N(c4ccccc4)c4ccc5ccccc5c4)cc(N(c4ccccc4)c4ccccc4-c4ccccc4)c3o2)cc1. The van der Waals surface area contributed by atoms with Gasteiger partial charge in [0, 0.05) is 28.2 Å². The van der Waals surface area contributed by atoms with E-state index in [-0.39, 0.29) is 0 Å². The van der Waals surface area contributed by atoms with Crippen LogP contribution in [0, 0.1) is 0 Å². The van der Waals surface area contributed by atoms with Crippen LogP contribution in [0.4, 0.5) is 34.1 Å². The van der Waals surface area contributed by atoms with Crippen LogP contribution >= 0.6 is 0 Å². The molecule has 4 nitrogen and oxygen atoms in total. The number of nitrogens with zero attached hydrogens (tertiary/aromatic N) is 3. The fraction of sp³-hybridized carbons (Fsp3) is 0. The van der Waals surface area contributed by atoms with E-state index in [1.807, 2.05) is 30.3 Å². The fourth-order valence-electron chi connectivity index (χ4n) is 6.86. The van der Waals surface area contributed by atoms with Crippen molar-refractivity contribution < 1.29 is 4.42 Å². The number of oxazole rings is 1. The number of hydrogen-bond donors (Lipinski definition) is 0. The Kier molecular flexibility index (Phi) is 7.80. The maximum absolute atomic E-state index is 6.79. The van der Waals surface area contributed by atoms with E-state index >= 15 is 0 Å². The molecule has 4 heteroatoms. The van der Waals surface area contributed by atoms with E-state index in [1.54, 1.807) is 0 Å². The highest BCUT2D eigenvalue weighted by atomic mass is 16.3. The molecular weight excluding hydrogens is 623 g/mol. The molecule has 0 saturated heterocycles. The number of hydrogen-bond acceptors (Lipinski definition) is 4. The largest absolute Gasteiger partial charge is 0.434 e. The zero-order valence-electron chi connectivity index (χ0n) is 27.8. The minimum Gasteiger partial charge on any atom is -0.434 e. The lowest BCUT2D eigenvalue weighted by molar-refractivity contribution is 0.620. The van der Waals surface area contributed by atoms with Crippen LogP contribution < -0.4 is 9.80 Å². The van der Waals surface area contributed by atoms with Gasteiger partial charge in [0.15, 0.2) is 5.58 Å². The molecule has 9 rings (SSSR count). The Morgan fingerprint density at radius 1 is 0.373 bits per heavy atom. The van der Waals surface area contributed by atoms with Gasteiger partial charge < -0.3 is 14.2 Å². The van der Waals surface area contributed by atoms with Crippen molar-refractivity contribution in [3.8, 4) is 22.6 Å². The van der Waals surface area contributed by atoms with E-state index in [9.17, 15) is 0 Å². The second-order valence-corrected chi connectivity index (χ2v) is 12.5. The van der Waals surface area contributed by atoms with Crippen molar-refractivity contribution in [3.63, 3.8) is 0 Å². The first kappa shape index (κ1) is 30.2. The predicted octanol–water partition coefficient (Wildman–Crippen LogP) is 13.3. The van der Waals surface area contributed by atoms with Gasteiger partial charge in [-0.05, 0) is 83.1 Å². The lowest BCUT2D eigenvalue weighted by atomic mass is 10.0. The highest BCUT2D eigenvalue weighted by Gasteiger charge is 2.25. The molecule has 0 amide bonds. The number of fused-ring (bicyclic) bond motifs is 2. The van der Waals surface area contributed by atoms with Crippen molar-refractivity contribution in [2.24, 2.45) is 0 Å². The van der Waals surface area contributed by atoms with Gasteiger partial charge in [-0.3, -0.25) is 0 Å². The molecule has 1 heterocycles. The summed E-state index contributed by atoms with van der Waals surface area (Å²) in [5.74, 6) is 0.574. The molecule has 0 fully saturated rings. The van der Waals surface area contributed by atoms with Gasteiger partial charge in [-0.1, -0.05) is 133 Å². The summed E-state index contributed by atoms with van der Waals surface area (Å²) in [5.41, 5.74) is 10.6. The molecule has 0 N–H and O–H groups in total. The highest BCUT2D eigenvalue weighted by Crippen LogP contribution is 2.47. The van der Waals surface area contributed by atoms with Crippen LogP contribution in [0.2, 0.25) is 0 Å². The van der Waals surface area contributed by atoms with Gasteiger partial charge in [-0.15, -0.1) is 0 Å². The summed E-state index contributed by atoms with van der Waals surface area (Å²) in [7, 11) is 0. The van der Waals surface area contributed by atoms with Crippen molar-refractivity contribution >= 4 is 56.0 Å². The molecule has 0 bridgehead atoms. The number of para-hydroxylation sites is 3. The first-order valence-electron chi connectivity index (χ1n) is 17.1. The number of aromatic nitrogens is 1. The van der Waals surface area contributed by atoms with Crippen molar-refractivity contribution in [3.05, 3.63) is 200 Å². The van der Waals surface area contributed by atoms with Crippen LogP contribution in [-0.2, 0) is 0 Å². The standard InChI is InChI=1S/C47H33N3O/c1-5-18-35(19-6-1)42-27-15-16-28-44(42)50(39-25-11-4-12-26-39)45-33-41(32-43-46(45)51-47(48-43)36-20-7-2-8-21-36)49(38-23-9-3-10-24-38)40-30-29-34-17-13-14-22-37(34)31-40/h1-33H. The molecular formula is C47H33N3O. The molecule has 8 aromatic carbocycles. The van der Waals surface area contributed by atoms with E-state index in [0.717, 1.165) is 56.3 Å². The smallest absolute Gasteiger partial charge is 0.227 e. The summed E-state index contributed by atoms with van der Waals surface area (Å²) in [6, 6.07) is 69.7. The fourth-order valence-corrected chi connectivity index (χ4v) is 6.86. The molecule has 0 unspecified atom stereocenters. The molecule has 242 valence electrons. The molecule has 0 atom stereocenters. The Bertz CT molecular complexity index is 2580. The topological polar surface area (TPSA) is 32.5 Å². The summed E-state index contributed by atoms with van der Waals surface area (Å²) in [4.78, 5) is 9.76. The maximum atomic E-state index is 6.79. The van der Waals surface area contributed by atoms with Crippen LogP contribution in [-0.4, -0.2) is 4.98 Å². The van der Waals surface area contributed by atoms with Crippen LogP contribution in [0.3, 0.4) is 0 Å². The first-order chi connectivity index (χ1) is 25.3. The van der Waals surface area contributed by atoms with Gasteiger partial charge in [-0.25, -0.2) is 4.98 Å². The van der Waals surface area contributed by atoms with Crippen molar-refractivity contribution in [1.29, 1.82) is 0 Å². The minimum atomic E-state index is 0.574. The number of anilines is 6. The second kappa shape index (κ2) is 13.2. The molecule has 0 aliphatic heterocycles. The van der Waals surface area contributed by atoms with Crippen LogP contribution in [0.5, 0.6) is 0 Å². The maximum Gasteiger partial charge on any atom is 0.227 e. The highest BCUT2D eigenvalue weighted by molar-refractivity contribution is 6.01. The van der Waals surface area contributed by atoms with E-state index in [2.05, 4.69) is 180 Å². The van der Waals surface area contributed by atoms with Crippen molar-refractivity contribution in [2.45, 2.75) is 0 Å². The lowest BCUT2D eigenvalue weighted by Crippen LogP contribution is -2.14. The lowest BCUT2D eigenvalue weighted by Gasteiger charge is -2.30. The number of rotatable bonds is 8. The zero-order chi connectivity index (χ0) is 34.0. The Balaban J connectivity index is 1.35. The van der Waals surface area contributed by atoms with E-state index in [0.29, 0.717) is 11.5 Å². The third kappa shape index (κ3) is 5.79. The first-order valence-corrected chi connectivity index (χ1v) is 17.1. The molecule has 1 aromatic heterocycles. The normalized spacial score (nSPS) is 11.1. The minimum absolute atomic E-state index is 0.574. The predicted molar refractivity (Wildman–Crippen MR) is 212 cm³/mol. The molecule has 0 saturated carbocycles. The Labute approximate surface area is 297 Å². The summed E-state index contributed by atoms with van der Waals surface area (Å²) < 4.78 is 6.79. The van der Waals surface area contributed by atoms with Crippen molar-refractivity contribution in [2.75, 3.05) is 9.80 Å². The Morgan fingerprint density at radius 3 is 1.65 bits per heavy atom. The van der Waals surface area contributed by atoms with Gasteiger partial charge in [0.2, 0.25) is 5.89 Å². The van der Waals surface area contributed by atoms with Gasteiger partial charge in [0.05, 0.1) is 17.1 Å². The van der Waals surface area contributed by atoms with Crippen LogP contribution in [0.25, 0.3) is 44.5 Å². The van der Waals surface area contributed by atoms with Gasteiger partial charge in [-0.2, -0.15) is 0 Å². The molecule has 0 radical (unpaired) electrons. The Morgan fingerprint density at radius 2 is 0.941 bits per heavy atom. The Hall–Kier alpha value is -6.91. The second-order valence-electron chi connectivity index (χ2n) is 12.5. The van der Waals surface area contributed by atoms with Gasteiger partial charge >= 0.3 is 0 Å². The van der Waals surface area contributed by atoms with E-state index in [4.69, 9.17) is 9.40 Å². The van der Waals surface area contributed by atoms with Crippen LogP contribution in [0.1, 0.15) is 0 Å². The van der Waals surface area contributed by atoms with E-state index < -0.39 is 0 Å². The third-order valence-corrected chi connectivity index (χ3v) is 9.22. The molecule has 0 spiro atoms. The molecule has 0 aliphatic rings. The number of benzene rings is 8. The van der Waals surface area contributed by atoms with Gasteiger partial charge in [0.1, 0.15) is 5.52 Å². The molecule has 9 aromatic rings.